The van der Waals surface area contributed by atoms with E-state index in [1.807, 2.05) is 13.8 Å². The minimum Gasteiger partial charge on any atom is -0.378 e. The zero-order valence-corrected chi connectivity index (χ0v) is 12.0. The predicted octanol–water partition coefficient (Wildman–Crippen LogP) is 3.11. The highest BCUT2D eigenvalue weighted by Crippen LogP contribution is 2.13. The van der Waals surface area contributed by atoms with Crippen molar-refractivity contribution in [3.05, 3.63) is 0 Å². The maximum Gasteiger partial charge on any atom is 0.104 e. The number of rotatable bonds is 9. The SMILES string of the molecule is CCNC(C)(C#N)CCCOC(C)CC(C)C. The van der Waals surface area contributed by atoms with E-state index in [-0.39, 0.29) is 0 Å². The van der Waals surface area contributed by atoms with E-state index in [9.17, 15) is 0 Å². The Morgan fingerprint density at radius 1 is 1.35 bits per heavy atom. The molecule has 100 valence electrons. The minimum absolute atomic E-state index is 0.322. The number of hydrogen-bond donors (Lipinski definition) is 1. The van der Waals surface area contributed by atoms with Gasteiger partial charge in [0, 0.05) is 6.61 Å². The Morgan fingerprint density at radius 2 is 2.00 bits per heavy atom. The highest BCUT2D eigenvalue weighted by Gasteiger charge is 2.21. The van der Waals surface area contributed by atoms with Crippen LogP contribution in [0, 0.1) is 17.2 Å². The molecule has 0 spiro atoms. The molecule has 3 nitrogen and oxygen atoms in total. The average molecular weight is 240 g/mol. The van der Waals surface area contributed by atoms with Gasteiger partial charge in [-0.3, -0.25) is 5.32 Å². The van der Waals surface area contributed by atoms with Gasteiger partial charge in [0.05, 0.1) is 12.2 Å². The second-order valence-electron chi connectivity index (χ2n) is 5.39. The van der Waals surface area contributed by atoms with Gasteiger partial charge in [-0.2, -0.15) is 5.26 Å². The summed E-state index contributed by atoms with van der Waals surface area (Å²) in [6.45, 7) is 12.1. The van der Waals surface area contributed by atoms with Crippen LogP contribution in [0.5, 0.6) is 0 Å². The number of nitrogens with one attached hydrogen (secondary N) is 1. The molecule has 0 saturated heterocycles. The Bertz CT molecular complexity index is 235. The maximum absolute atomic E-state index is 9.09. The lowest BCUT2D eigenvalue weighted by molar-refractivity contribution is 0.0476. The molecule has 0 amide bonds. The molecule has 0 aliphatic rings. The Morgan fingerprint density at radius 3 is 2.47 bits per heavy atom. The van der Waals surface area contributed by atoms with Gasteiger partial charge in [0.2, 0.25) is 0 Å². The Hall–Kier alpha value is -0.590. The number of hydrogen-bond acceptors (Lipinski definition) is 3. The van der Waals surface area contributed by atoms with Crippen LogP contribution < -0.4 is 5.32 Å². The van der Waals surface area contributed by atoms with Crippen molar-refractivity contribution in [2.24, 2.45) is 5.92 Å². The highest BCUT2D eigenvalue weighted by molar-refractivity contribution is 5.03. The Labute approximate surface area is 107 Å². The summed E-state index contributed by atoms with van der Waals surface area (Å²) in [4.78, 5) is 0. The molecule has 0 heterocycles. The van der Waals surface area contributed by atoms with Crippen molar-refractivity contribution in [3.8, 4) is 6.07 Å². The first-order chi connectivity index (χ1) is 7.93. The van der Waals surface area contributed by atoms with Crippen LogP contribution in [0.2, 0.25) is 0 Å². The molecule has 2 atom stereocenters. The standard InChI is InChI=1S/C14H28N2O/c1-6-16-14(5,11-15)8-7-9-17-13(4)10-12(2)3/h12-13,16H,6-10H2,1-5H3. The van der Waals surface area contributed by atoms with Crippen LogP contribution in [0.1, 0.15) is 53.9 Å². The van der Waals surface area contributed by atoms with E-state index in [4.69, 9.17) is 10.00 Å². The normalized spacial score (nSPS) is 16.5. The predicted molar refractivity (Wildman–Crippen MR) is 71.8 cm³/mol. The van der Waals surface area contributed by atoms with Crippen LogP contribution in [-0.2, 0) is 4.74 Å². The van der Waals surface area contributed by atoms with Crippen LogP contribution in [0.25, 0.3) is 0 Å². The lowest BCUT2D eigenvalue weighted by Gasteiger charge is -2.23. The molecule has 0 aromatic carbocycles. The van der Waals surface area contributed by atoms with E-state index in [2.05, 4.69) is 32.2 Å². The molecule has 2 unspecified atom stereocenters. The Kier molecular flexibility index (Phi) is 8.20. The summed E-state index contributed by atoms with van der Waals surface area (Å²) >= 11 is 0. The van der Waals surface area contributed by atoms with Crippen LogP contribution in [0.4, 0.5) is 0 Å². The van der Waals surface area contributed by atoms with E-state index >= 15 is 0 Å². The Balaban J connectivity index is 3.73. The lowest BCUT2D eigenvalue weighted by atomic mass is 9.98. The molecule has 0 aliphatic carbocycles. The third-order valence-electron chi connectivity index (χ3n) is 2.84. The second-order valence-corrected chi connectivity index (χ2v) is 5.39. The monoisotopic (exact) mass is 240 g/mol. The quantitative estimate of drug-likeness (QED) is 0.630. The molecule has 0 bridgehead atoms. The van der Waals surface area contributed by atoms with Crippen LogP contribution in [0.3, 0.4) is 0 Å². The van der Waals surface area contributed by atoms with E-state index in [1.165, 1.54) is 0 Å². The zero-order chi connectivity index (χ0) is 13.3. The van der Waals surface area contributed by atoms with E-state index < -0.39 is 5.54 Å². The molecule has 0 aromatic rings. The molecular weight excluding hydrogens is 212 g/mol. The van der Waals surface area contributed by atoms with Crippen molar-refractivity contribution < 1.29 is 4.74 Å². The van der Waals surface area contributed by atoms with Gasteiger partial charge < -0.3 is 4.74 Å². The average Bonchev–Trinajstić information content (AvgIpc) is 2.24. The van der Waals surface area contributed by atoms with Gasteiger partial charge in [-0.15, -0.1) is 0 Å². The van der Waals surface area contributed by atoms with Crippen LogP contribution in [-0.4, -0.2) is 24.8 Å². The van der Waals surface area contributed by atoms with Crippen molar-refractivity contribution in [3.63, 3.8) is 0 Å². The first-order valence-corrected chi connectivity index (χ1v) is 6.71. The molecule has 0 aliphatic heterocycles. The van der Waals surface area contributed by atoms with Crippen LogP contribution >= 0.6 is 0 Å². The molecule has 0 radical (unpaired) electrons. The summed E-state index contributed by atoms with van der Waals surface area (Å²) < 4.78 is 5.73. The summed E-state index contributed by atoms with van der Waals surface area (Å²) in [5, 5.41) is 12.3. The zero-order valence-electron chi connectivity index (χ0n) is 12.0. The maximum atomic E-state index is 9.09. The fraction of sp³-hybridized carbons (Fsp3) is 0.929. The summed E-state index contributed by atoms with van der Waals surface area (Å²) in [5.41, 5.74) is -0.403. The van der Waals surface area contributed by atoms with E-state index in [1.54, 1.807) is 0 Å². The van der Waals surface area contributed by atoms with Crippen molar-refractivity contribution in [1.29, 1.82) is 5.26 Å². The number of ether oxygens (including phenoxy) is 1. The summed E-state index contributed by atoms with van der Waals surface area (Å²) in [5.74, 6) is 0.677. The first-order valence-electron chi connectivity index (χ1n) is 6.71. The summed E-state index contributed by atoms with van der Waals surface area (Å²) in [6, 6.07) is 2.33. The minimum atomic E-state index is -0.403. The van der Waals surface area contributed by atoms with Gasteiger partial charge in [-0.05, 0) is 45.6 Å². The highest BCUT2D eigenvalue weighted by atomic mass is 16.5. The fourth-order valence-corrected chi connectivity index (χ4v) is 2.02. The largest absolute Gasteiger partial charge is 0.378 e. The number of nitrogens with zero attached hydrogens (tertiary/aromatic N) is 1. The van der Waals surface area contributed by atoms with Gasteiger partial charge in [-0.1, -0.05) is 20.8 Å². The van der Waals surface area contributed by atoms with Crippen molar-refractivity contribution in [2.45, 2.75) is 65.5 Å². The van der Waals surface area contributed by atoms with Gasteiger partial charge in [0.25, 0.3) is 0 Å². The molecule has 17 heavy (non-hydrogen) atoms. The van der Waals surface area contributed by atoms with Crippen molar-refractivity contribution >= 4 is 0 Å². The molecule has 1 N–H and O–H groups in total. The molecule has 0 rings (SSSR count). The molecule has 3 heteroatoms. The first kappa shape index (κ1) is 16.4. The van der Waals surface area contributed by atoms with Gasteiger partial charge >= 0.3 is 0 Å². The number of nitriles is 1. The van der Waals surface area contributed by atoms with E-state index in [0.29, 0.717) is 12.0 Å². The van der Waals surface area contributed by atoms with Crippen molar-refractivity contribution in [1.82, 2.24) is 5.32 Å². The molecule has 0 fully saturated rings. The lowest BCUT2D eigenvalue weighted by Crippen LogP contribution is -2.40. The van der Waals surface area contributed by atoms with Crippen molar-refractivity contribution in [2.75, 3.05) is 13.2 Å². The molecular formula is C14H28N2O. The van der Waals surface area contributed by atoms with Gasteiger partial charge in [0.15, 0.2) is 0 Å². The smallest absolute Gasteiger partial charge is 0.104 e. The fourth-order valence-electron chi connectivity index (χ4n) is 2.02. The van der Waals surface area contributed by atoms with Gasteiger partial charge in [-0.25, -0.2) is 0 Å². The third-order valence-corrected chi connectivity index (χ3v) is 2.84. The molecule has 0 aromatic heterocycles. The topological polar surface area (TPSA) is 45.0 Å². The van der Waals surface area contributed by atoms with Crippen LogP contribution in [0.15, 0.2) is 0 Å². The summed E-state index contributed by atoms with van der Waals surface area (Å²) in [7, 11) is 0. The van der Waals surface area contributed by atoms with E-state index in [0.717, 1.165) is 32.4 Å². The molecule has 0 saturated carbocycles. The summed E-state index contributed by atoms with van der Waals surface area (Å²) in [6.07, 6.45) is 3.19. The second kappa shape index (κ2) is 8.49. The third kappa shape index (κ3) is 8.18. The van der Waals surface area contributed by atoms with Gasteiger partial charge in [0.1, 0.15) is 5.54 Å².